The Morgan fingerprint density at radius 2 is 0.621 bits per heavy atom. The van der Waals surface area contributed by atoms with E-state index in [4.69, 9.17) is 0 Å². The third-order valence-electron chi connectivity index (χ3n) is 12.0. The standard InChI is InChI=1S/C50H90N4O4/c1-7-13-17-19-21-23-25-27-29-31-35-51-47(55)43-37-46(50(58)54-40-42(12-6)34-16-10-4)44(38-45(43)49(57)53-39-41(11-5)33-15-9-3)48(56)52-36-32-30-28-26-24-22-20-18-14-8-2/h37-38,41-42H,7-36,39-40H2,1-6H3,(H,51,55)(H,52,56)(H,53,57)(H,54,58). The molecule has 2 unspecified atom stereocenters. The van der Waals surface area contributed by atoms with Crippen LogP contribution in [0.4, 0.5) is 0 Å². The summed E-state index contributed by atoms with van der Waals surface area (Å²) >= 11 is 0. The van der Waals surface area contributed by atoms with Crippen molar-refractivity contribution in [1.29, 1.82) is 0 Å². The van der Waals surface area contributed by atoms with Gasteiger partial charge in [-0.15, -0.1) is 0 Å². The van der Waals surface area contributed by atoms with Crippen LogP contribution in [0.2, 0.25) is 0 Å². The Kier molecular flexibility index (Phi) is 33.0. The van der Waals surface area contributed by atoms with E-state index >= 15 is 0 Å². The predicted molar refractivity (Wildman–Crippen MR) is 246 cm³/mol. The second-order valence-electron chi connectivity index (χ2n) is 17.1. The van der Waals surface area contributed by atoms with Gasteiger partial charge in [-0.25, -0.2) is 0 Å². The van der Waals surface area contributed by atoms with Crippen molar-refractivity contribution in [1.82, 2.24) is 21.3 Å². The molecule has 0 radical (unpaired) electrons. The molecular formula is C50H90N4O4. The van der Waals surface area contributed by atoms with Crippen LogP contribution in [-0.4, -0.2) is 49.8 Å². The van der Waals surface area contributed by atoms with E-state index in [1.807, 2.05) is 0 Å². The summed E-state index contributed by atoms with van der Waals surface area (Å²) in [7, 11) is 0. The third-order valence-corrected chi connectivity index (χ3v) is 12.0. The molecule has 0 saturated carbocycles. The van der Waals surface area contributed by atoms with Crippen LogP contribution in [0, 0.1) is 11.8 Å². The van der Waals surface area contributed by atoms with E-state index < -0.39 is 0 Å². The summed E-state index contributed by atoms with van der Waals surface area (Å²) in [6, 6.07) is 2.99. The van der Waals surface area contributed by atoms with Gasteiger partial charge in [-0.05, 0) is 49.7 Å². The minimum absolute atomic E-state index is 0.139. The van der Waals surface area contributed by atoms with E-state index in [0.717, 1.165) is 89.9 Å². The molecule has 0 aliphatic heterocycles. The van der Waals surface area contributed by atoms with E-state index in [1.54, 1.807) is 0 Å². The molecule has 0 heterocycles. The molecule has 0 fully saturated rings. The zero-order valence-electron chi connectivity index (χ0n) is 38.6. The number of hydrogen-bond acceptors (Lipinski definition) is 4. The zero-order valence-corrected chi connectivity index (χ0v) is 38.6. The van der Waals surface area contributed by atoms with Crippen LogP contribution in [0.1, 0.15) is 263 Å². The number of amides is 4. The minimum Gasteiger partial charge on any atom is -0.352 e. The molecule has 1 aromatic rings. The first-order valence-corrected chi connectivity index (χ1v) is 24.6. The van der Waals surface area contributed by atoms with Crippen LogP contribution in [0.5, 0.6) is 0 Å². The van der Waals surface area contributed by atoms with Crippen molar-refractivity contribution in [2.45, 2.75) is 221 Å². The zero-order chi connectivity index (χ0) is 42.6. The summed E-state index contributed by atoms with van der Waals surface area (Å²) < 4.78 is 0. The lowest BCUT2D eigenvalue weighted by atomic mass is 9.94. The number of carbonyl (C=O) groups excluding carboxylic acids is 4. The molecule has 4 amide bonds. The highest BCUT2D eigenvalue weighted by molar-refractivity contribution is 6.14. The van der Waals surface area contributed by atoms with Gasteiger partial charge in [0.25, 0.3) is 23.6 Å². The van der Waals surface area contributed by atoms with Crippen LogP contribution >= 0.6 is 0 Å². The van der Waals surface area contributed by atoms with Gasteiger partial charge in [0.1, 0.15) is 0 Å². The summed E-state index contributed by atoms with van der Waals surface area (Å²) in [4.78, 5) is 55.8. The van der Waals surface area contributed by atoms with Gasteiger partial charge in [0.05, 0.1) is 22.3 Å². The summed E-state index contributed by atoms with van der Waals surface area (Å²) in [5.74, 6) is -0.906. The number of rotatable bonds is 38. The molecule has 0 aliphatic rings. The van der Waals surface area contributed by atoms with Gasteiger partial charge in [0.2, 0.25) is 0 Å². The normalized spacial score (nSPS) is 12.2. The molecule has 1 rings (SSSR count). The fourth-order valence-electron chi connectivity index (χ4n) is 7.72. The lowest BCUT2D eigenvalue weighted by Crippen LogP contribution is -2.36. The Labute approximate surface area is 356 Å². The summed E-state index contributed by atoms with van der Waals surface area (Å²) in [6.07, 6.45) is 32.3. The number of hydrogen-bond donors (Lipinski definition) is 4. The monoisotopic (exact) mass is 811 g/mol. The molecule has 0 spiro atoms. The maximum absolute atomic E-state index is 14.0. The van der Waals surface area contributed by atoms with Gasteiger partial charge in [0, 0.05) is 26.2 Å². The average Bonchev–Trinajstić information content (AvgIpc) is 3.23. The molecule has 0 aliphatic carbocycles. The number of unbranched alkanes of at least 4 members (excludes halogenated alkanes) is 20. The van der Waals surface area contributed by atoms with Gasteiger partial charge >= 0.3 is 0 Å². The van der Waals surface area contributed by atoms with Crippen LogP contribution in [0.3, 0.4) is 0 Å². The van der Waals surface area contributed by atoms with E-state index in [0.29, 0.717) is 38.0 Å². The van der Waals surface area contributed by atoms with Gasteiger partial charge in [-0.2, -0.15) is 0 Å². The van der Waals surface area contributed by atoms with Crippen molar-refractivity contribution in [3.8, 4) is 0 Å². The molecule has 8 heteroatoms. The Hall–Kier alpha value is -2.90. The lowest BCUT2D eigenvalue weighted by Gasteiger charge is -2.19. The van der Waals surface area contributed by atoms with Crippen LogP contribution in [0.15, 0.2) is 12.1 Å². The van der Waals surface area contributed by atoms with Crippen LogP contribution < -0.4 is 21.3 Å². The Morgan fingerprint density at radius 3 is 0.897 bits per heavy atom. The van der Waals surface area contributed by atoms with Crippen molar-refractivity contribution in [3.05, 3.63) is 34.4 Å². The maximum atomic E-state index is 14.0. The second kappa shape index (κ2) is 36.0. The van der Waals surface area contributed by atoms with Gasteiger partial charge in [-0.1, -0.05) is 196 Å². The quantitative estimate of drug-likeness (QED) is 0.0498. The summed E-state index contributed by atoms with van der Waals surface area (Å²) in [5, 5.41) is 12.3. The maximum Gasteiger partial charge on any atom is 0.252 e. The van der Waals surface area contributed by atoms with Gasteiger partial charge < -0.3 is 21.3 Å². The number of benzene rings is 1. The minimum atomic E-state index is -0.389. The highest BCUT2D eigenvalue weighted by Crippen LogP contribution is 2.21. The molecule has 0 aromatic heterocycles. The smallest absolute Gasteiger partial charge is 0.252 e. The molecule has 2 atom stereocenters. The number of nitrogens with one attached hydrogen (secondary N) is 4. The van der Waals surface area contributed by atoms with Crippen molar-refractivity contribution < 1.29 is 19.2 Å². The highest BCUT2D eigenvalue weighted by atomic mass is 16.2. The topological polar surface area (TPSA) is 116 Å². The summed E-state index contributed by atoms with van der Waals surface area (Å²) in [5.41, 5.74) is 0.558. The lowest BCUT2D eigenvalue weighted by molar-refractivity contribution is 0.0903. The van der Waals surface area contributed by atoms with Gasteiger partial charge in [-0.3, -0.25) is 19.2 Å². The van der Waals surface area contributed by atoms with E-state index in [2.05, 4.69) is 62.8 Å². The number of carbonyl (C=O) groups is 4. The van der Waals surface area contributed by atoms with E-state index in [1.165, 1.54) is 102 Å². The first kappa shape index (κ1) is 53.1. The molecule has 334 valence electrons. The van der Waals surface area contributed by atoms with Crippen LogP contribution in [-0.2, 0) is 0 Å². The van der Waals surface area contributed by atoms with Crippen molar-refractivity contribution in [2.24, 2.45) is 11.8 Å². The molecule has 4 N–H and O–H groups in total. The Balaban J connectivity index is 3.23. The second-order valence-corrected chi connectivity index (χ2v) is 17.1. The fourth-order valence-corrected chi connectivity index (χ4v) is 7.72. The van der Waals surface area contributed by atoms with Gasteiger partial charge in [0.15, 0.2) is 0 Å². The molecule has 0 saturated heterocycles. The SMILES string of the molecule is CCCCCCCCCCCCNC(=O)c1cc(C(=O)NCC(CC)CCCC)c(C(=O)NCCCCCCCCCCCC)cc1C(=O)NCC(CC)CCCC. The Bertz CT molecular complexity index is 1140. The first-order chi connectivity index (χ1) is 28.3. The molecule has 0 bridgehead atoms. The van der Waals surface area contributed by atoms with Crippen molar-refractivity contribution in [3.63, 3.8) is 0 Å². The van der Waals surface area contributed by atoms with Crippen molar-refractivity contribution in [2.75, 3.05) is 26.2 Å². The predicted octanol–water partition coefficient (Wildman–Crippen LogP) is 12.9. The molecule has 58 heavy (non-hydrogen) atoms. The largest absolute Gasteiger partial charge is 0.352 e. The Morgan fingerprint density at radius 1 is 0.362 bits per heavy atom. The van der Waals surface area contributed by atoms with E-state index in [9.17, 15) is 19.2 Å². The van der Waals surface area contributed by atoms with Crippen LogP contribution in [0.25, 0.3) is 0 Å². The van der Waals surface area contributed by atoms with Crippen molar-refractivity contribution >= 4 is 23.6 Å². The molecule has 1 aromatic carbocycles. The molecular weight excluding hydrogens is 721 g/mol. The fraction of sp³-hybridized carbons (Fsp3) is 0.800. The third kappa shape index (κ3) is 24.2. The average molecular weight is 811 g/mol. The van der Waals surface area contributed by atoms with E-state index in [-0.39, 0.29) is 45.9 Å². The molecule has 8 nitrogen and oxygen atoms in total. The highest BCUT2D eigenvalue weighted by Gasteiger charge is 2.26. The first-order valence-electron chi connectivity index (χ1n) is 24.6. The summed E-state index contributed by atoms with van der Waals surface area (Å²) in [6.45, 7) is 15.1.